The van der Waals surface area contributed by atoms with Crippen molar-refractivity contribution in [1.29, 1.82) is 0 Å². The number of nitrogens with one attached hydrogen (secondary N) is 1. The number of amides is 2. The van der Waals surface area contributed by atoms with Crippen molar-refractivity contribution in [1.82, 2.24) is 10.2 Å². The number of halogens is 1. The molecule has 1 aliphatic heterocycles. The third-order valence-corrected chi connectivity index (χ3v) is 6.22. The van der Waals surface area contributed by atoms with Crippen molar-refractivity contribution in [3.05, 3.63) is 82.3 Å². The second kappa shape index (κ2) is 12.3. The van der Waals surface area contributed by atoms with Crippen LogP contribution < -0.4 is 5.32 Å². The molecule has 1 unspecified atom stereocenters. The summed E-state index contributed by atoms with van der Waals surface area (Å²) in [5, 5.41) is 2.91. The molecule has 0 bridgehead atoms. The van der Waals surface area contributed by atoms with Crippen LogP contribution in [0.3, 0.4) is 0 Å². The Hall–Kier alpha value is -3.48. The maximum Gasteiger partial charge on any atom is 0.336 e. The fraction of sp³-hybridized carbons (Fsp3) is 0.393. The molecule has 0 spiro atoms. The van der Waals surface area contributed by atoms with Crippen LogP contribution in [-0.2, 0) is 20.9 Å². The highest BCUT2D eigenvalue weighted by atomic mass is 19.1. The Bertz CT molecular complexity index is 1090. The molecule has 0 saturated carbocycles. The van der Waals surface area contributed by atoms with Crippen LogP contribution in [0.25, 0.3) is 0 Å². The summed E-state index contributed by atoms with van der Waals surface area (Å²) in [7, 11) is 0. The zero-order valence-corrected chi connectivity index (χ0v) is 20.6. The number of carbonyl (C=O) groups excluding carboxylic acids is 3. The predicted octanol–water partition coefficient (Wildman–Crippen LogP) is 5.10. The minimum Gasteiger partial charge on any atom is -0.463 e. The molecular formula is C28H33FN2O4. The number of hydrogen-bond acceptors (Lipinski definition) is 4. The predicted molar refractivity (Wildman–Crippen MR) is 132 cm³/mol. The Labute approximate surface area is 206 Å². The summed E-state index contributed by atoms with van der Waals surface area (Å²) >= 11 is 0. The molecule has 0 aromatic heterocycles. The third kappa shape index (κ3) is 6.35. The molecule has 6 nitrogen and oxygen atoms in total. The molecular weight excluding hydrogens is 447 g/mol. The van der Waals surface area contributed by atoms with Crippen LogP contribution in [0, 0.1) is 5.82 Å². The zero-order chi connectivity index (χ0) is 25.4. The summed E-state index contributed by atoms with van der Waals surface area (Å²) in [5.74, 6) is -2.06. The molecule has 1 aliphatic rings. The molecule has 7 heteroatoms. The van der Waals surface area contributed by atoms with E-state index in [1.54, 1.807) is 56.3 Å². The fourth-order valence-electron chi connectivity index (χ4n) is 4.32. The number of esters is 1. The summed E-state index contributed by atoms with van der Waals surface area (Å²) < 4.78 is 19.8. The topological polar surface area (TPSA) is 75.7 Å². The third-order valence-electron chi connectivity index (χ3n) is 6.22. The van der Waals surface area contributed by atoms with Crippen molar-refractivity contribution in [3.8, 4) is 0 Å². The standard InChI is InChI=1S/C28H33FN2O4/c1-4-6-9-16-30-27(33)21-14-12-20(13-15-21)18-31-19(3)26(28(34)35-5-2)23(17-25(31)32)22-10-7-8-11-24(22)29/h7-8,10-15,23H,4-6,9,16-18H2,1-3H3,(H,30,33). The molecule has 0 radical (unpaired) electrons. The molecule has 0 aliphatic carbocycles. The van der Waals surface area contributed by atoms with Gasteiger partial charge >= 0.3 is 5.97 Å². The minimum absolute atomic E-state index is 0.0370. The van der Waals surface area contributed by atoms with Gasteiger partial charge < -0.3 is 15.0 Å². The van der Waals surface area contributed by atoms with E-state index in [1.165, 1.54) is 11.0 Å². The highest BCUT2D eigenvalue weighted by molar-refractivity contribution is 5.96. The lowest BCUT2D eigenvalue weighted by atomic mass is 9.83. The molecule has 35 heavy (non-hydrogen) atoms. The number of carbonyl (C=O) groups is 3. The SMILES string of the molecule is CCCCCNC(=O)c1ccc(CN2C(=O)CC(c3ccccc3F)C(C(=O)OCC)=C2C)cc1. The van der Waals surface area contributed by atoms with E-state index in [0.717, 1.165) is 24.8 Å². The molecule has 1 heterocycles. The van der Waals surface area contributed by atoms with Gasteiger partial charge in [0.1, 0.15) is 5.82 Å². The average Bonchev–Trinajstić information content (AvgIpc) is 2.84. The molecule has 2 aromatic rings. The van der Waals surface area contributed by atoms with Crippen LogP contribution in [0.1, 0.15) is 73.9 Å². The lowest BCUT2D eigenvalue weighted by Gasteiger charge is -2.34. The molecule has 0 saturated heterocycles. The van der Waals surface area contributed by atoms with Gasteiger partial charge in [-0.25, -0.2) is 9.18 Å². The summed E-state index contributed by atoms with van der Waals surface area (Å²) in [6, 6.07) is 13.2. The number of rotatable bonds is 10. The number of ether oxygens (including phenoxy) is 1. The number of allylic oxidation sites excluding steroid dienone is 1. The van der Waals surface area contributed by atoms with Gasteiger partial charge in [0, 0.05) is 30.1 Å². The van der Waals surface area contributed by atoms with Gasteiger partial charge in [-0.3, -0.25) is 9.59 Å². The van der Waals surface area contributed by atoms with E-state index in [2.05, 4.69) is 12.2 Å². The Kier molecular flexibility index (Phi) is 9.18. The van der Waals surface area contributed by atoms with Gasteiger partial charge in [0.25, 0.3) is 5.91 Å². The Morgan fingerprint density at radius 2 is 1.80 bits per heavy atom. The van der Waals surface area contributed by atoms with Crippen molar-refractivity contribution in [3.63, 3.8) is 0 Å². The van der Waals surface area contributed by atoms with E-state index in [1.807, 2.05) is 0 Å². The first kappa shape index (κ1) is 26.1. The number of nitrogens with zero attached hydrogens (tertiary/aromatic N) is 1. The van der Waals surface area contributed by atoms with Gasteiger partial charge in [-0.2, -0.15) is 0 Å². The maximum absolute atomic E-state index is 14.6. The Morgan fingerprint density at radius 3 is 2.46 bits per heavy atom. The van der Waals surface area contributed by atoms with Crippen LogP contribution in [0.4, 0.5) is 4.39 Å². The molecule has 2 amide bonds. The summed E-state index contributed by atoms with van der Waals surface area (Å²) in [4.78, 5) is 39.9. The summed E-state index contributed by atoms with van der Waals surface area (Å²) in [6.45, 7) is 6.56. The van der Waals surface area contributed by atoms with E-state index >= 15 is 0 Å². The maximum atomic E-state index is 14.6. The summed E-state index contributed by atoms with van der Waals surface area (Å²) in [5.41, 5.74) is 2.41. The second-order valence-electron chi connectivity index (χ2n) is 8.64. The zero-order valence-electron chi connectivity index (χ0n) is 20.6. The summed E-state index contributed by atoms with van der Waals surface area (Å²) in [6.07, 6.45) is 3.07. The van der Waals surface area contributed by atoms with Crippen LogP contribution in [0.2, 0.25) is 0 Å². The van der Waals surface area contributed by atoms with Crippen molar-refractivity contribution < 1.29 is 23.5 Å². The van der Waals surface area contributed by atoms with Gasteiger partial charge in [-0.15, -0.1) is 0 Å². The second-order valence-corrected chi connectivity index (χ2v) is 8.64. The van der Waals surface area contributed by atoms with Crippen LogP contribution in [0.5, 0.6) is 0 Å². The first-order valence-electron chi connectivity index (χ1n) is 12.2. The highest BCUT2D eigenvalue weighted by Gasteiger charge is 2.37. The first-order chi connectivity index (χ1) is 16.9. The quantitative estimate of drug-likeness (QED) is 0.379. The van der Waals surface area contributed by atoms with Crippen molar-refractivity contribution in [2.24, 2.45) is 0 Å². The molecule has 1 atom stereocenters. The van der Waals surface area contributed by atoms with Gasteiger partial charge in [-0.05, 0) is 49.6 Å². The van der Waals surface area contributed by atoms with Crippen molar-refractivity contribution in [2.75, 3.05) is 13.2 Å². The van der Waals surface area contributed by atoms with Crippen LogP contribution in [-0.4, -0.2) is 35.8 Å². The monoisotopic (exact) mass is 480 g/mol. The lowest BCUT2D eigenvalue weighted by Crippen LogP contribution is -2.38. The lowest BCUT2D eigenvalue weighted by molar-refractivity contribution is -0.140. The van der Waals surface area contributed by atoms with E-state index < -0.39 is 17.7 Å². The average molecular weight is 481 g/mol. The smallest absolute Gasteiger partial charge is 0.336 e. The van der Waals surface area contributed by atoms with Gasteiger partial charge in [-0.1, -0.05) is 50.1 Å². The largest absolute Gasteiger partial charge is 0.463 e. The van der Waals surface area contributed by atoms with Crippen molar-refractivity contribution >= 4 is 17.8 Å². The Balaban J connectivity index is 1.83. The van der Waals surface area contributed by atoms with Gasteiger partial charge in [0.15, 0.2) is 0 Å². The molecule has 0 fully saturated rings. The first-order valence-corrected chi connectivity index (χ1v) is 12.2. The molecule has 3 rings (SSSR count). The number of benzene rings is 2. The number of unbranched alkanes of at least 4 members (excludes halogenated alkanes) is 2. The highest BCUT2D eigenvalue weighted by Crippen LogP contribution is 2.38. The van der Waals surface area contributed by atoms with Crippen LogP contribution in [0.15, 0.2) is 59.8 Å². The normalized spacial score (nSPS) is 15.8. The fourth-order valence-corrected chi connectivity index (χ4v) is 4.32. The van der Waals surface area contributed by atoms with Crippen molar-refractivity contribution in [2.45, 2.75) is 58.9 Å². The van der Waals surface area contributed by atoms with E-state index in [4.69, 9.17) is 4.74 Å². The Morgan fingerprint density at radius 1 is 1.09 bits per heavy atom. The molecule has 186 valence electrons. The van der Waals surface area contributed by atoms with Gasteiger partial charge in [0.2, 0.25) is 5.91 Å². The molecule has 1 N–H and O–H groups in total. The van der Waals surface area contributed by atoms with E-state index in [0.29, 0.717) is 28.9 Å². The van der Waals surface area contributed by atoms with E-state index in [9.17, 15) is 18.8 Å². The van der Waals surface area contributed by atoms with Gasteiger partial charge in [0.05, 0.1) is 18.7 Å². The van der Waals surface area contributed by atoms with E-state index in [-0.39, 0.29) is 31.4 Å². The van der Waals surface area contributed by atoms with Crippen LogP contribution >= 0.6 is 0 Å². The molecule has 2 aromatic carbocycles. The number of hydrogen-bond donors (Lipinski definition) is 1. The minimum atomic E-state index is -0.710.